The van der Waals surface area contributed by atoms with Crippen LogP contribution in [0.5, 0.6) is 0 Å². The number of benzene rings is 2. The Labute approximate surface area is 219 Å². The molecule has 38 heavy (non-hydrogen) atoms. The van der Waals surface area contributed by atoms with Gasteiger partial charge in [0.25, 0.3) is 11.8 Å². The van der Waals surface area contributed by atoms with Gasteiger partial charge in [0.1, 0.15) is 11.4 Å². The molecular formula is C27H28N6O5. The van der Waals surface area contributed by atoms with Crippen LogP contribution in [-0.2, 0) is 24.2 Å². The number of amides is 2. The summed E-state index contributed by atoms with van der Waals surface area (Å²) in [4.78, 5) is 53.2. The Morgan fingerprint density at radius 2 is 1.76 bits per heavy atom. The summed E-state index contributed by atoms with van der Waals surface area (Å²) in [6.45, 7) is 3.10. The summed E-state index contributed by atoms with van der Waals surface area (Å²) in [6.07, 6.45) is 0.526. The standard InChI is InChI=1S/C27H28N6O5/c1-16-11-23-22(14-32(16)25(34)18-3-7-20(28)8-4-18)24-26(35)31(2)12-17(13-33(24)29-23)15-38-27(36)19-5-9-21(30-37)10-6-19/h3-10,16-17H,11-15,28H2,1-2H3/t16-,17+/m1/s1. The fourth-order valence-electron chi connectivity index (χ4n) is 5.02. The molecule has 0 saturated heterocycles. The fraction of sp³-hybridized carbons (Fsp3) is 0.333. The first-order valence-corrected chi connectivity index (χ1v) is 12.4. The number of nitrogens with zero attached hydrogens (tertiary/aromatic N) is 5. The van der Waals surface area contributed by atoms with Gasteiger partial charge in [0, 0.05) is 55.3 Å². The van der Waals surface area contributed by atoms with E-state index in [2.05, 4.69) is 5.18 Å². The molecule has 1 aromatic heterocycles. The molecule has 0 aliphatic carbocycles. The number of esters is 1. The van der Waals surface area contributed by atoms with Crippen molar-refractivity contribution in [1.29, 1.82) is 0 Å². The molecule has 2 atom stereocenters. The lowest BCUT2D eigenvalue weighted by molar-refractivity contribution is 0.0401. The second kappa shape index (κ2) is 10.1. The first-order chi connectivity index (χ1) is 18.2. The molecule has 2 aliphatic heterocycles. The molecule has 5 rings (SSSR count). The number of carbonyl (C=O) groups excluding carboxylic acids is 3. The molecule has 2 aromatic carbocycles. The van der Waals surface area contributed by atoms with Gasteiger partial charge in [0.15, 0.2) is 0 Å². The van der Waals surface area contributed by atoms with Crippen LogP contribution < -0.4 is 5.73 Å². The molecule has 0 saturated carbocycles. The van der Waals surface area contributed by atoms with E-state index in [1.807, 2.05) is 6.92 Å². The van der Waals surface area contributed by atoms with Gasteiger partial charge in [-0.3, -0.25) is 14.3 Å². The number of aromatic nitrogens is 2. The summed E-state index contributed by atoms with van der Waals surface area (Å²) in [5.74, 6) is -1.01. The van der Waals surface area contributed by atoms with Crippen molar-refractivity contribution in [3.05, 3.63) is 81.5 Å². The Morgan fingerprint density at radius 1 is 1.08 bits per heavy atom. The van der Waals surface area contributed by atoms with E-state index in [9.17, 15) is 19.3 Å². The first-order valence-electron chi connectivity index (χ1n) is 12.4. The van der Waals surface area contributed by atoms with Crippen molar-refractivity contribution in [2.45, 2.75) is 32.5 Å². The topological polar surface area (TPSA) is 140 Å². The van der Waals surface area contributed by atoms with E-state index in [-0.39, 0.29) is 42.6 Å². The molecular weight excluding hydrogens is 488 g/mol. The third-order valence-electron chi connectivity index (χ3n) is 7.07. The highest BCUT2D eigenvalue weighted by Crippen LogP contribution is 2.30. The van der Waals surface area contributed by atoms with Gasteiger partial charge in [-0.05, 0) is 60.6 Å². The SMILES string of the molecule is C[C@@H]1Cc2nn3c(c2CN1C(=O)c1ccc(N)cc1)C(=O)N(C)C[C@H](COC(=O)c1ccc(N=O)cc1)C3. The van der Waals surface area contributed by atoms with E-state index >= 15 is 0 Å². The van der Waals surface area contributed by atoms with E-state index in [1.165, 1.54) is 24.3 Å². The Balaban J connectivity index is 1.34. The van der Waals surface area contributed by atoms with Crippen molar-refractivity contribution < 1.29 is 19.1 Å². The molecule has 2 N–H and O–H groups in total. The summed E-state index contributed by atoms with van der Waals surface area (Å²) in [7, 11) is 1.71. The lowest BCUT2D eigenvalue weighted by atomic mass is 9.98. The highest BCUT2D eigenvalue weighted by molar-refractivity contribution is 5.97. The Kier molecular flexibility index (Phi) is 6.66. The molecule has 0 unspecified atom stereocenters. The van der Waals surface area contributed by atoms with Crippen molar-refractivity contribution in [3.8, 4) is 0 Å². The Bertz CT molecular complexity index is 1400. The predicted octanol–water partition coefficient (Wildman–Crippen LogP) is 3.01. The smallest absolute Gasteiger partial charge is 0.338 e. The number of nitroso groups, excluding NO2 is 1. The summed E-state index contributed by atoms with van der Waals surface area (Å²) in [5, 5.41) is 7.58. The number of anilines is 1. The number of rotatable bonds is 5. The minimum Gasteiger partial charge on any atom is -0.462 e. The maximum atomic E-state index is 13.4. The van der Waals surface area contributed by atoms with Gasteiger partial charge < -0.3 is 20.3 Å². The van der Waals surface area contributed by atoms with E-state index in [0.717, 1.165) is 11.3 Å². The predicted molar refractivity (Wildman–Crippen MR) is 139 cm³/mol. The van der Waals surface area contributed by atoms with E-state index in [1.54, 1.807) is 45.8 Å². The third-order valence-corrected chi connectivity index (χ3v) is 7.07. The summed E-state index contributed by atoms with van der Waals surface area (Å²) in [5.41, 5.74) is 9.45. The summed E-state index contributed by atoms with van der Waals surface area (Å²) in [6, 6.07) is 12.6. The van der Waals surface area contributed by atoms with E-state index in [4.69, 9.17) is 15.6 Å². The molecule has 11 heteroatoms. The largest absolute Gasteiger partial charge is 0.462 e. The van der Waals surface area contributed by atoms with Crippen LogP contribution in [0.15, 0.2) is 53.7 Å². The average molecular weight is 517 g/mol. The average Bonchev–Trinajstić information content (AvgIpc) is 3.21. The number of nitrogen functional groups attached to an aromatic ring is 1. The molecule has 2 aliphatic rings. The number of carbonyl (C=O) groups is 3. The summed E-state index contributed by atoms with van der Waals surface area (Å²) >= 11 is 0. The lowest BCUT2D eigenvalue weighted by Crippen LogP contribution is -2.43. The van der Waals surface area contributed by atoms with Gasteiger partial charge in [0.2, 0.25) is 0 Å². The highest BCUT2D eigenvalue weighted by Gasteiger charge is 2.37. The zero-order valence-electron chi connectivity index (χ0n) is 21.2. The van der Waals surface area contributed by atoms with Crippen LogP contribution in [0.3, 0.4) is 0 Å². The summed E-state index contributed by atoms with van der Waals surface area (Å²) < 4.78 is 7.23. The molecule has 2 amide bonds. The number of ether oxygens (including phenoxy) is 1. The van der Waals surface area contributed by atoms with Crippen molar-refractivity contribution in [2.24, 2.45) is 11.1 Å². The molecule has 11 nitrogen and oxygen atoms in total. The zero-order chi connectivity index (χ0) is 27.0. The van der Waals surface area contributed by atoms with Crippen molar-refractivity contribution >= 4 is 29.2 Å². The Hall–Kier alpha value is -4.54. The van der Waals surface area contributed by atoms with Crippen molar-refractivity contribution in [1.82, 2.24) is 19.6 Å². The number of nitrogens with two attached hydrogens (primary N) is 1. The van der Waals surface area contributed by atoms with Crippen LogP contribution in [0, 0.1) is 10.8 Å². The van der Waals surface area contributed by atoms with Gasteiger partial charge in [-0.15, -0.1) is 4.91 Å². The molecule has 3 aromatic rings. The lowest BCUT2D eigenvalue weighted by Gasteiger charge is -2.33. The number of hydrogen-bond donors (Lipinski definition) is 1. The quantitative estimate of drug-likeness (QED) is 0.312. The first kappa shape index (κ1) is 25.1. The molecule has 0 bridgehead atoms. The van der Waals surface area contributed by atoms with Crippen LogP contribution in [0.4, 0.5) is 11.4 Å². The van der Waals surface area contributed by atoms with Gasteiger partial charge in [0.05, 0.1) is 24.4 Å². The van der Waals surface area contributed by atoms with Crippen LogP contribution in [0.1, 0.15) is 49.4 Å². The van der Waals surface area contributed by atoms with Crippen LogP contribution >= 0.6 is 0 Å². The van der Waals surface area contributed by atoms with Crippen LogP contribution in [-0.4, -0.2) is 63.6 Å². The monoisotopic (exact) mass is 516 g/mol. The second-order valence-corrected chi connectivity index (χ2v) is 9.85. The van der Waals surface area contributed by atoms with Gasteiger partial charge >= 0.3 is 5.97 Å². The molecule has 3 heterocycles. The second-order valence-electron chi connectivity index (χ2n) is 9.85. The minimum atomic E-state index is -0.522. The molecule has 0 fully saturated rings. The molecule has 0 spiro atoms. The third kappa shape index (κ3) is 4.74. The van der Waals surface area contributed by atoms with Gasteiger partial charge in [-0.25, -0.2) is 4.79 Å². The highest BCUT2D eigenvalue weighted by atomic mass is 16.5. The maximum Gasteiger partial charge on any atom is 0.338 e. The minimum absolute atomic E-state index is 0.0895. The van der Waals surface area contributed by atoms with E-state index in [0.29, 0.717) is 42.0 Å². The molecule has 0 radical (unpaired) electrons. The van der Waals surface area contributed by atoms with Gasteiger partial charge in [-0.1, -0.05) is 0 Å². The van der Waals surface area contributed by atoms with Crippen molar-refractivity contribution in [3.63, 3.8) is 0 Å². The maximum absolute atomic E-state index is 13.4. The number of fused-ring (bicyclic) bond motifs is 3. The zero-order valence-corrected chi connectivity index (χ0v) is 21.2. The van der Waals surface area contributed by atoms with Gasteiger partial charge in [-0.2, -0.15) is 5.10 Å². The number of hydrogen-bond acceptors (Lipinski definition) is 8. The fourth-order valence-corrected chi connectivity index (χ4v) is 5.02. The Morgan fingerprint density at radius 3 is 2.45 bits per heavy atom. The molecule has 196 valence electrons. The van der Waals surface area contributed by atoms with Crippen LogP contribution in [0.2, 0.25) is 0 Å². The van der Waals surface area contributed by atoms with E-state index < -0.39 is 5.97 Å². The van der Waals surface area contributed by atoms with Crippen molar-refractivity contribution in [2.75, 3.05) is 25.9 Å². The normalized spacial score (nSPS) is 18.8. The van der Waals surface area contributed by atoms with Crippen LogP contribution in [0.25, 0.3) is 0 Å².